The summed E-state index contributed by atoms with van der Waals surface area (Å²) in [7, 11) is 0. The lowest BCUT2D eigenvalue weighted by molar-refractivity contribution is -0.158. The van der Waals surface area contributed by atoms with Gasteiger partial charge in [0, 0.05) is 24.5 Å². The van der Waals surface area contributed by atoms with Crippen LogP contribution in [-0.2, 0) is 19.1 Å². The highest BCUT2D eigenvalue weighted by Gasteiger charge is 2.27. The molecule has 0 aromatic heterocycles. The van der Waals surface area contributed by atoms with E-state index in [9.17, 15) is 14.4 Å². The van der Waals surface area contributed by atoms with Crippen LogP contribution in [0, 0.1) is 0 Å². The summed E-state index contributed by atoms with van der Waals surface area (Å²) in [6, 6.07) is 21.3. The van der Waals surface area contributed by atoms with Gasteiger partial charge in [0.1, 0.15) is 30.0 Å². The molecular weight excluding hydrogens is 572 g/mol. The van der Waals surface area contributed by atoms with Crippen LogP contribution >= 0.6 is 0 Å². The minimum Gasteiger partial charge on any atom is -0.490 e. The van der Waals surface area contributed by atoms with E-state index in [4.69, 9.17) is 23.7 Å². The van der Waals surface area contributed by atoms with Crippen molar-refractivity contribution in [2.75, 3.05) is 6.61 Å². The molecular formula is C37H40O8. The fourth-order valence-electron chi connectivity index (χ4n) is 4.77. The number of benzene rings is 3. The summed E-state index contributed by atoms with van der Waals surface area (Å²) in [5, 5.41) is 0. The Labute approximate surface area is 264 Å². The zero-order chi connectivity index (χ0) is 32.0. The number of cyclic esters (lactones) is 1. The fraction of sp³-hybridized carbons (Fsp3) is 0.324. The number of hydrogen-bond donors (Lipinski definition) is 0. The molecule has 2 atom stereocenters. The van der Waals surface area contributed by atoms with Crippen LogP contribution in [0.2, 0.25) is 0 Å². The average Bonchev–Trinajstić information content (AvgIpc) is 3.38. The number of carbonyl (C=O) groups excluding carboxylic acids is 3. The van der Waals surface area contributed by atoms with Crippen LogP contribution in [0.5, 0.6) is 17.2 Å². The van der Waals surface area contributed by atoms with Gasteiger partial charge in [-0.2, -0.15) is 0 Å². The second kappa shape index (κ2) is 16.9. The quantitative estimate of drug-likeness (QED) is 0.0497. The van der Waals surface area contributed by atoms with Gasteiger partial charge in [0.05, 0.1) is 5.56 Å². The first kappa shape index (κ1) is 33.1. The van der Waals surface area contributed by atoms with Crippen LogP contribution < -0.4 is 14.2 Å². The van der Waals surface area contributed by atoms with E-state index in [-0.39, 0.29) is 12.7 Å². The summed E-state index contributed by atoms with van der Waals surface area (Å²) < 4.78 is 27.8. The minimum atomic E-state index is -0.676. The SMILES string of the molecule is C=CC(=O)OC(CCCCCCCC)Oc1ccc(-c2ccc(OC(=O)c3ccc(OCC4CC(=C)C(=O)O4)cc3)cc2)cc1. The third-order valence-corrected chi connectivity index (χ3v) is 7.29. The Morgan fingerprint density at radius 3 is 2.07 bits per heavy atom. The van der Waals surface area contributed by atoms with Gasteiger partial charge >= 0.3 is 17.9 Å². The van der Waals surface area contributed by atoms with E-state index < -0.39 is 24.2 Å². The second-order valence-electron chi connectivity index (χ2n) is 10.9. The Bertz CT molecular complexity index is 1430. The first-order chi connectivity index (χ1) is 21.8. The summed E-state index contributed by atoms with van der Waals surface area (Å²) in [5.41, 5.74) is 2.69. The van der Waals surface area contributed by atoms with Gasteiger partial charge in [-0.1, -0.05) is 76.5 Å². The summed E-state index contributed by atoms with van der Waals surface area (Å²) in [6.07, 6.45) is 7.94. The smallest absolute Gasteiger partial charge is 0.343 e. The van der Waals surface area contributed by atoms with Crippen LogP contribution in [0.4, 0.5) is 0 Å². The van der Waals surface area contributed by atoms with E-state index in [2.05, 4.69) is 20.1 Å². The summed E-state index contributed by atoms with van der Waals surface area (Å²) >= 11 is 0. The van der Waals surface area contributed by atoms with Gasteiger partial charge < -0.3 is 23.7 Å². The van der Waals surface area contributed by atoms with Crippen LogP contribution in [0.25, 0.3) is 11.1 Å². The van der Waals surface area contributed by atoms with E-state index in [1.807, 2.05) is 36.4 Å². The van der Waals surface area contributed by atoms with Crippen molar-refractivity contribution < 1.29 is 38.1 Å². The van der Waals surface area contributed by atoms with Crippen LogP contribution in [0.3, 0.4) is 0 Å². The molecule has 1 saturated heterocycles. The summed E-state index contributed by atoms with van der Waals surface area (Å²) in [5.74, 6) is 0.160. The van der Waals surface area contributed by atoms with Gasteiger partial charge in [-0.15, -0.1) is 0 Å². The topological polar surface area (TPSA) is 97.4 Å². The van der Waals surface area contributed by atoms with E-state index in [1.165, 1.54) is 19.3 Å². The monoisotopic (exact) mass is 612 g/mol. The third-order valence-electron chi connectivity index (χ3n) is 7.29. The van der Waals surface area contributed by atoms with E-state index in [0.717, 1.165) is 36.5 Å². The lowest BCUT2D eigenvalue weighted by Crippen LogP contribution is -2.23. The predicted molar refractivity (Wildman–Crippen MR) is 171 cm³/mol. The Balaban J connectivity index is 1.26. The highest BCUT2D eigenvalue weighted by atomic mass is 16.7. The third kappa shape index (κ3) is 10.4. The Morgan fingerprint density at radius 1 is 0.867 bits per heavy atom. The Kier molecular flexibility index (Phi) is 12.4. The number of ether oxygens (including phenoxy) is 5. The lowest BCUT2D eigenvalue weighted by Gasteiger charge is -2.19. The van der Waals surface area contributed by atoms with Crippen LogP contribution in [0.1, 0.15) is 68.6 Å². The summed E-state index contributed by atoms with van der Waals surface area (Å²) in [4.78, 5) is 35.9. The molecule has 3 aromatic carbocycles. The number of unbranched alkanes of at least 4 members (excludes halogenated alkanes) is 5. The van der Waals surface area contributed by atoms with Crippen LogP contribution in [-0.4, -0.2) is 36.9 Å². The molecule has 0 spiro atoms. The number of rotatable bonds is 17. The van der Waals surface area contributed by atoms with Gasteiger partial charge in [0.25, 0.3) is 0 Å². The van der Waals surface area contributed by atoms with E-state index in [0.29, 0.717) is 41.2 Å². The number of hydrogen-bond acceptors (Lipinski definition) is 8. The molecule has 45 heavy (non-hydrogen) atoms. The van der Waals surface area contributed by atoms with Gasteiger partial charge in [0.2, 0.25) is 6.29 Å². The van der Waals surface area contributed by atoms with Crippen molar-refractivity contribution in [3.05, 3.63) is 103 Å². The van der Waals surface area contributed by atoms with Gasteiger partial charge in [-0.25, -0.2) is 14.4 Å². The van der Waals surface area contributed by atoms with E-state index >= 15 is 0 Å². The molecule has 0 N–H and O–H groups in total. The molecule has 0 aliphatic carbocycles. The molecule has 0 amide bonds. The molecule has 1 fully saturated rings. The molecule has 1 heterocycles. The second-order valence-corrected chi connectivity index (χ2v) is 10.9. The molecule has 3 aromatic rings. The van der Waals surface area contributed by atoms with Crippen molar-refractivity contribution in [1.29, 1.82) is 0 Å². The number of esters is 3. The maximum absolute atomic E-state index is 12.7. The number of carbonyl (C=O) groups is 3. The van der Waals surface area contributed by atoms with Crippen molar-refractivity contribution >= 4 is 17.9 Å². The van der Waals surface area contributed by atoms with Crippen molar-refractivity contribution in [2.24, 2.45) is 0 Å². The molecule has 1 aliphatic rings. The van der Waals surface area contributed by atoms with Crippen LogP contribution in [0.15, 0.2) is 97.6 Å². The molecule has 1 aliphatic heterocycles. The highest BCUT2D eigenvalue weighted by Crippen LogP contribution is 2.27. The van der Waals surface area contributed by atoms with Gasteiger partial charge in [0.15, 0.2) is 0 Å². The lowest BCUT2D eigenvalue weighted by atomic mass is 10.1. The highest BCUT2D eigenvalue weighted by molar-refractivity contribution is 5.91. The Morgan fingerprint density at radius 2 is 1.47 bits per heavy atom. The first-order valence-electron chi connectivity index (χ1n) is 15.4. The average molecular weight is 613 g/mol. The molecule has 8 nitrogen and oxygen atoms in total. The standard InChI is InChI=1S/C37H40O8/c1-4-6-7-8-9-10-11-35(45-34(38)5-2)42-31-20-12-27(13-21-31)28-14-22-32(23-15-28)43-37(40)29-16-18-30(19-17-29)41-25-33-24-26(3)36(39)44-33/h5,12-23,33,35H,2-4,6-11,24-25H2,1H3. The molecule has 4 rings (SSSR count). The fourth-order valence-corrected chi connectivity index (χ4v) is 4.77. The maximum Gasteiger partial charge on any atom is 0.343 e. The van der Waals surface area contributed by atoms with Crippen molar-refractivity contribution in [3.8, 4) is 28.4 Å². The van der Waals surface area contributed by atoms with Gasteiger partial charge in [-0.05, 0) is 66.1 Å². The predicted octanol–water partition coefficient (Wildman–Crippen LogP) is 8.01. The normalized spacial score (nSPS) is 14.7. The van der Waals surface area contributed by atoms with Crippen molar-refractivity contribution in [1.82, 2.24) is 0 Å². The molecule has 0 saturated carbocycles. The molecule has 2 unspecified atom stereocenters. The van der Waals surface area contributed by atoms with Gasteiger partial charge in [-0.3, -0.25) is 0 Å². The molecule has 0 radical (unpaired) electrons. The Hall–Kier alpha value is -4.85. The molecule has 236 valence electrons. The maximum atomic E-state index is 12.7. The van der Waals surface area contributed by atoms with E-state index in [1.54, 1.807) is 36.4 Å². The van der Waals surface area contributed by atoms with Crippen molar-refractivity contribution in [2.45, 2.75) is 70.7 Å². The zero-order valence-electron chi connectivity index (χ0n) is 25.7. The summed E-state index contributed by atoms with van der Waals surface area (Å²) in [6.45, 7) is 9.54. The molecule has 8 heteroatoms. The molecule has 0 bridgehead atoms. The zero-order valence-corrected chi connectivity index (χ0v) is 25.7. The minimum absolute atomic E-state index is 0.210. The van der Waals surface area contributed by atoms with Crippen molar-refractivity contribution in [3.63, 3.8) is 0 Å². The largest absolute Gasteiger partial charge is 0.490 e. The first-order valence-corrected chi connectivity index (χ1v) is 15.4.